The molecule has 25 heavy (non-hydrogen) atoms. The summed E-state index contributed by atoms with van der Waals surface area (Å²) in [7, 11) is 1.91. The molecule has 0 fully saturated rings. The molecule has 0 unspecified atom stereocenters. The van der Waals surface area contributed by atoms with Crippen LogP contribution in [0.25, 0.3) is 11.3 Å². The van der Waals surface area contributed by atoms with Gasteiger partial charge in [0.2, 0.25) is 0 Å². The average molecular weight is 357 g/mol. The summed E-state index contributed by atoms with van der Waals surface area (Å²) in [5.41, 5.74) is 4.12. The minimum atomic E-state index is -0.134. The van der Waals surface area contributed by atoms with Crippen LogP contribution in [0, 0.1) is 13.8 Å². The van der Waals surface area contributed by atoms with Crippen molar-refractivity contribution in [3.8, 4) is 11.3 Å². The number of aromatic nitrogens is 4. The number of thiophene rings is 1. The van der Waals surface area contributed by atoms with Gasteiger partial charge in [-0.15, -0.1) is 11.3 Å². The molecule has 0 radical (unpaired) electrons. The number of hydrogen-bond acceptors (Lipinski definition) is 4. The van der Waals surface area contributed by atoms with Crippen LogP contribution in [0.15, 0.2) is 23.6 Å². The molecule has 1 atom stereocenters. The molecule has 1 amide bonds. The molecule has 0 saturated carbocycles. The van der Waals surface area contributed by atoms with Gasteiger partial charge in [0.1, 0.15) is 5.69 Å². The van der Waals surface area contributed by atoms with Gasteiger partial charge >= 0.3 is 0 Å². The maximum atomic E-state index is 12.6. The zero-order chi connectivity index (χ0) is 18.0. The summed E-state index contributed by atoms with van der Waals surface area (Å²) in [6.07, 6.45) is 1.92. The number of nitrogens with one attached hydrogen (secondary N) is 2. The average Bonchev–Trinajstić information content (AvgIpc) is 3.29. The third kappa shape index (κ3) is 3.51. The largest absolute Gasteiger partial charge is 0.343 e. The minimum Gasteiger partial charge on any atom is -0.343 e. The van der Waals surface area contributed by atoms with Gasteiger partial charge < -0.3 is 5.32 Å². The van der Waals surface area contributed by atoms with Gasteiger partial charge in [-0.3, -0.25) is 14.6 Å². The van der Waals surface area contributed by atoms with Gasteiger partial charge in [0.15, 0.2) is 0 Å². The zero-order valence-electron chi connectivity index (χ0n) is 15.0. The molecule has 2 N–H and O–H groups in total. The highest BCUT2D eigenvalue weighted by Crippen LogP contribution is 2.26. The quantitative estimate of drug-likeness (QED) is 0.705. The number of aryl methyl sites for hydroxylation is 2. The van der Waals surface area contributed by atoms with Crippen LogP contribution in [0.5, 0.6) is 0 Å². The molecule has 0 spiro atoms. The first kappa shape index (κ1) is 17.4. The summed E-state index contributed by atoms with van der Waals surface area (Å²) in [6, 6.07) is 5.90. The first-order valence-corrected chi connectivity index (χ1v) is 9.29. The molecule has 7 heteroatoms. The van der Waals surface area contributed by atoms with E-state index in [0.717, 1.165) is 35.5 Å². The van der Waals surface area contributed by atoms with Crippen molar-refractivity contribution >= 4 is 17.2 Å². The molecule has 3 heterocycles. The molecule has 6 nitrogen and oxygen atoms in total. The van der Waals surface area contributed by atoms with E-state index in [-0.39, 0.29) is 11.9 Å². The summed E-state index contributed by atoms with van der Waals surface area (Å²) in [6.45, 7) is 6.07. The Morgan fingerprint density at radius 3 is 2.84 bits per heavy atom. The van der Waals surface area contributed by atoms with E-state index in [0.29, 0.717) is 5.69 Å². The van der Waals surface area contributed by atoms with Gasteiger partial charge in [0, 0.05) is 23.2 Å². The smallest absolute Gasteiger partial charge is 0.269 e. The lowest BCUT2D eigenvalue weighted by atomic mass is 10.1. The van der Waals surface area contributed by atoms with E-state index < -0.39 is 0 Å². The van der Waals surface area contributed by atoms with E-state index in [2.05, 4.69) is 33.6 Å². The number of rotatable bonds is 6. The van der Waals surface area contributed by atoms with Crippen LogP contribution in [0.3, 0.4) is 0 Å². The van der Waals surface area contributed by atoms with Gasteiger partial charge in [-0.25, -0.2) is 0 Å². The zero-order valence-corrected chi connectivity index (χ0v) is 15.8. The lowest BCUT2D eigenvalue weighted by molar-refractivity contribution is 0.0930. The van der Waals surface area contributed by atoms with Crippen LogP contribution in [-0.4, -0.2) is 25.9 Å². The van der Waals surface area contributed by atoms with Crippen LogP contribution in [0.1, 0.15) is 52.6 Å². The maximum Gasteiger partial charge on any atom is 0.269 e. The molecule has 0 aliphatic rings. The topological polar surface area (TPSA) is 75.6 Å². The number of H-pyrrole nitrogens is 1. The molecular weight excluding hydrogens is 334 g/mol. The predicted molar refractivity (Wildman–Crippen MR) is 99.7 cm³/mol. The Hall–Kier alpha value is -2.41. The lowest BCUT2D eigenvalue weighted by Crippen LogP contribution is -2.28. The summed E-state index contributed by atoms with van der Waals surface area (Å²) in [5.74, 6) is -0.134. The Morgan fingerprint density at radius 2 is 2.24 bits per heavy atom. The Labute approximate surface area is 151 Å². The second-order valence-electron chi connectivity index (χ2n) is 6.17. The van der Waals surface area contributed by atoms with Gasteiger partial charge in [-0.05, 0) is 37.8 Å². The fraction of sp³-hybridized carbons (Fsp3) is 0.389. The maximum absolute atomic E-state index is 12.6. The standard InChI is InChI=1S/C18H23N5OS/c1-5-7-13(16-8-6-9-25-16)19-18(24)15-10-14(20-21-15)17-11(2)22-23(4)12(17)3/h6,8-10,13H,5,7H2,1-4H3,(H,19,24)(H,20,21)/t13-/m1/s1. The van der Waals surface area contributed by atoms with Gasteiger partial charge in [0.25, 0.3) is 5.91 Å². The van der Waals surface area contributed by atoms with Crippen molar-refractivity contribution in [2.45, 2.75) is 39.7 Å². The van der Waals surface area contributed by atoms with E-state index >= 15 is 0 Å². The number of carbonyl (C=O) groups is 1. The highest BCUT2D eigenvalue weighted by Gasteiger charge is 2.20. The number of amides is 1. The molecule has 0 aliphatic heterocycles. The van der Waals surface area contributed by atoms with Crippen molar-refractivity contribution in [3.63, 3.8) is 0 Å². The van der Waals surface area contributed by atoms with E-state index in [4.69, 9.17) is 0 Å². The Balaban J connectivity index is 1.80. The fourth-order valence-corrected chi connectivity index (χ4v) is 3.82. The van der Waals surface area contributed by atoms with Crippen LogP contribution < -0.4 is 5.32 Å². The normalized spacial score (nSPS) is 12.3. The first-order valence-electron chi connectivity index (χ1n) is 8.41. The summed E-state index contributed by atoms with van der Waals surface area (Å²) < 4.78 is 1.83. The third-order valence-corrected chi connectivity index (χ3v) is 5.34. The number of aromatic amines is 1. The van der Waals surface area contributed by atoms with Crippen molar-refractivity contribution in [1.29, 1.82) is 0 Å². The van der Waals surface area contributed by atoms with E-state index in [1.165, 1.54) is 4.88 Å². The number of carbonyl (C=O) groups excluding carboxylic acids is 1. The van der Waals surface area contributed by atoms with Crippen molar-refractivity contribution < 1.29 is 4.79 Å². The third-order valence-electron chi connectivity index (χ3n) is 4.36. The van der Waals surface area contributed by atoms with Gasteiger partial charge in [-0.2, -0.15) is 10.2 Å². The molecule has 3 aromatic heterocycles. The summed E-state index contributed by atoms with van der Waals surface area (Å²) >= 11 is 1.67. The number of nitrogens with zero attached hydrogens (tertiary/aromatic N) is 3. The molecule has 0 aliphatic carbocycles. The minimum absolute atomic E-state index is 0.0334. The van der Waals surface area contributed by atoms with Crippen molar-refractivity contribution in [2.75, 3.05) is 0 Å². The summed E-state index contributed by atoms with van der Waals surface area (Å²) in [5, 5.41) is 16.7. The Morgan fingerprint density at radius 1 is 1.44 bits per heavy atom. The van der Waals surface area contributed by atoms with Gasteiger partial charge in [0.05, 0.1) is 17.4 Å². The summed E-state index contributed by atoms with van der Waals surface area (Å²) in [4.78, 5) is 13.8. The van der Waals surface area contributed by atoms with E-state index in [9.17, 15) is 4.79 Å². The SMILES string of the molecule is CCC[C@@H](NC(=O)c1cc(-c2c(C)nn(C)c2C)n[nH]1)c1cccs1. The predicted octanol–water partition coefficient (Wildman–Crippen LogP) is 3.76. The molecule has 0 aromatic carbocycles. The second kappa shape index (κ2) is 7.23. The molecule has 3 rings (SSSR count). The second-order valence-corrected chi connectivity index (χ2v) is 7.15. The Bertz CT molecular complexity index is 862. The molecule has 0 saturated heterocycles. The van der Waals surface area contributed by atoms with Crippen LogP contribution in [-0.2, 0) is 7.05 Å². The molecule has 132 valence electrons. The fourth-order valence-electron chi connectivity index (χ4n) is 3.01. The van der Waals surface area contributed by atoms with Gasteiger partial charge in [-0.1, -0.05) is 19.4 Å². The van der Waals surface area contributed by atoms with Crippen molar-refractivity contribution in [1.82, 2.24) is 25.3 Å². The van der Waals surface area contributed by atoms with E-state index in [1.54, 1.807) is 17.4 Å². The monoisotopic (exact) mass is 357 g/mol. The highest BCUT2D eigenvalue weighted by molar-refractivity contribution is 7.10. The molecule has 0 bridgehead atoms. The molecular formula is C18H23N5OS. The number of hydrogen-bond donors (Lipinski definition) is 2. The first-order chi connectivity index (χ1) is 12.0. The van der Waals surface area contributed by atoms with Crippen molar-refractivity contribution in [3.05, 3.63) is 45.5 Å². The Kier molecular flexibility index (Phi) is 5.03. The highest BCUT2D eigenvalue weighted by atomic mass is 32.1. The van der Waals surface area contributed by atoms with Crippen LogP contribution in [0.4, 0.5) is 0 Å². The molecule has 3 aromatic rings. The van der Waals surface area contributed by atoms with E-state index in [1.807, 2.05) is 37.0 Å². The van der Waals surface area contributed by atoms with Crippen LogP contribution in [0.2, 0.25) is 0 Å². The van der Waals surface area contributed by atoms with Crippen LogP contribution >= 0.6 is 11.3 Å². The van der Waals surface area contributed by atoms with Crippen molar-refractivity contribution in [2.24, 2.45) is 7.05 Å². The lowest BCUT2D eigenvalue weighted by Gasteiger charge is -2.16.